The molecule has 2 amide bonds. The number of carboxylic acid groups (broad SMARTS) is 1. The van der Waals surface area contributed by atoms with Gasteiger partial charge in [0, 0.05) is 26.1 Å². The van der Waals surface area contributed by atoms with Crippen molar-refractivity contribution >= 4 is 23.5 Å². The zero-order chi connectivity index (χ0) is 19.8. The van der Waals surface area contributed by atoms with E-state index in [-0.39, 0.29) is 30.7 Å². The van der Waals surface area contributed by atoms with Crippen molar-refractivity contribution in [2.45, 2.75) is 26.2 Å². The van der Waals surface area contributed by atoms with Crippen LogP contribution in [-0.4, -0.2) is 54.0 Å². The number of para-hydroxylation sites is 2. The molecule has 1 N–H and O–H groups in total. The van der Waals surface area contributed by atoms with Gasteiger partial charge in [-0.05, 0) is 43.7 Å². The van der Waals surface area contributed by atoms with E-state index in [9.17, 15) is 19.5 Å². The van der Waals surface area contributed by atoms with Crippen molar-refractivity contribution in [2.75, 3.05) is 31.1 Å². The van der Waals surface area contributed by atoms with Gasteiger partial charge in [-0.3, -0.25) is 14.4 Å². The SMILES string of the molecule is CCOc1ccccc1N1CC(C(=O)N2C[C@H](C(=O)O)[C@@H](C3CC3)C2)CC1=O. The summed E-state index contributed by atoms with van der Waals surface area (Å²) in [7, 11) is 0. The van der Waals surface area contributed by atoms with E-state index in [2.05, 4.69) is 0 Å². The molecular weight excluding hydrogens is 360 g/mol. The molecule has 3 aliphatic rings. The summed E-state index contributed by atoms with van der Waals surface area (Å²) >= 11 is 0. The van der Waals surface area contributed by atoms with Crippen LogP contribution in [0.4, 0.5) is 5.69 Å². The summed E-state index contributed by atoms with van der Waals surface area (Å²) in [6.45, 7) is 3.45. The summed E-state index contributed by atoms with van der Waals surface area (Å²) in [5.41, 5.74) is 0.686. The van der Waals surface area contributed by atoms with Gasteiger partial charge in [-0.15, -0.1) is 0 Å². The molecule has 1 aromatic rings. The third-order valence-electron chi connectivity index (χ3n) is 6.15. The highest BCUT2D eigenvalue weighted by molar-refractivity contribution is 6.01. The summed E-state index contributed by atoms with van der Waals surface area (Å²) < 4.78 is 5.63. The minimum atomic E-state index is -0.818. The van der Waals surface area contributed by atoms with Crippen LogP contribution in [0.15, 0.2) is 24.3 Å². The van der Waals surface area contributed by atoms with Gasteiger partial charge >= 0.3 is 5.97 Å². The Morgan fingerprint density at radius 2 is 1.93 bits per heavy atom. The molecule has 3 atom stereocenters. The number of carboxylic acids is 1. The molecule has 3 fully saturated rings. The zero-order valence-electron chi connectivity index (χ0n) is 16.0. The number of amides is 2. The molecule has 7 heteroatoms. The number of ether oxygens (including phenoxy) is 1. The van der Waals surface area contributed by atoms with E-state index in [0.717, 1.165) is 12.8 Å². The van der Waals surface area contributed by atoms with Crippen molar-refractivity contribution in [3.8, 4) is 5.75 Å². The van der Waals surface area contributed by atoms with Gasteiger partial charge in [0.1, 0.15) is 5.75 Å². The van der Waals surface area contributed by atoms with Crippen LogP contribution in [0, 0.1) is 23.7 Å². The maximum absolute atomic E-state index is 13.1. The molecule has 1 aliphatic carbocycles. The number of aliphatic carboxylic acids is 1. The fourth-order valence-electron chi connectivity index (χ4n) is 4.59. The smallest absolute Gasteiger partial charge is 0.308 e. The minimum absolute atomic E-state index is 0.0494. The fraction of sp³-hybridized carbons (Fsp3) is 0.571. The Labute approximate surface area is 164 Å². The lowest BCUT2D eigenvalue weighted by Gasteiger charge is -2.22. The highest BCUT2D eigenvalue weighted by atomic mass is 16.5. The van der Waals surface area contributed by atoms with Crippen LogP contribution in [-0.2, 0) is 14.4 Å². The molecule has 1 saturated carbocycles. The summed E-state index contributed by atoms with van der Waals surface area (Å²) in [4.78, 5) is 40.6. The lowest BCUT2D eigenvalue weighted by Crippen LogP contribution is -2.36. The van der Waals surface area contributed by atoms with Crippen molar-refractivity contribution in [1.29, 1.82) is 0 Å². The van der Waals surface area contributed by atoms with Crippen LogP contribution < -0.4 is 9.64 Å². The molecule has 0 spiro atoms. The topological polar surface area (TPSA) is 87.2 Å². The van der Waals surface area contributed by atoms with Gasteiger partial charge in [-0.1, -0.05) is 12.1 Å². The molecule has 1 aromatic carbocycles. The predicted octanol–water partition coefficient (Wildman–Crippen LogP) is 2.01. The molecule has 2 saturated heterocycles. The van der Waals surface area contributed by atoms with E-state index in [1.54, 1.807) is 9.80 Å². The summed E-state index contributed by atoms with van der Waals surface area (Å²) in [6, 6.07) is 7.35. The quantitative estimate of drug-likeness (QED) is 0.808. The highest BCUT2D eigenvalue weighted by Crippen LogP contribution is 2.44. The van der Waals surface area contributed by atoms with Gasteiger partial charge < -0.3 is 19.6 Å². The number of likely N-dealkylation sites (tertiary alicyclic amines) is 1. The van der Waals surface area contributed by atoms with E-state index in [0.29, 0.717) is 37.1 Å². The number of rotatable bonds is 6. The molecule has 1 unspecified atom stereocenters. The fourth-order valence-corrected chi connectivity index (χ4v) is 4.59. The number of benzene rings is 1. The Morgan fingerprint density at radius 3 is 2.61 bits per heavy atom. The third-order valence-corrected chi connectivity index (χ3v) is 6.15. The first-order valence-electron chi connectivity index (χ1n) is 10.0. The van der Waals surface area contributed by atoms with Crippen molar-refractivity contribution in [2.24, 2.45) is 23.7 Å². The second-order valence-corrected chi connectivity index (χ2v) is 8.00. The molecule has 0 bridgehead atoms. The van der Waals surface area contributed by atoms with Gasteiger partial charge in [-0.2, -0.15) is 0 Å². The molecule has 4 rings (SSSR count). The standard InChI is InChI=1S/C21H26N2O5/c1-2-28-18-6-4-3-5-17(18)23-10-14(9-19(23)24)20(25)22-11-15(13-7-8-13)16(12-22)21(26)27/h3-6,13-16H,2,7-12H2,1H3,(H,26,27)/t14?,15-,16+/m1/s1. The van der Waals surface area contributed by atoms with Gasteiger partial charge in [0.2, 0.25) is 11.8 Å². The Morgan fingerprint density at radius 1 is 1.18 bits per heavy atom. The number of carbonyl (C=O) groups excluding carboxylic acids is 2. The average molecular weight is 386 g/mol. The predicted molar refractivity (Wildman–Crippen MR) is 102 cm³/mol. The highest BCUT2D eigenvalue weighted by Gasteiger charge is 2.48. The molecular formula is C21H26N2O5. The van der Waals surface area contributed by atoms with E-state index in [1.165, 1.54) is 0 Å². The van der Waals surface area contributed by atoms with Gasteiger partial charge in [0.25, 0.3) is 0 Å². The van der Waals surface area contributed by atoms with Crippen LogP contribution >= 0.6 is 0 Å². The van der Waals surface area contributed by atoms with Crippen LogP contribution in [0.25, 0.3) is 0 Å². The third kappa shape index (κ3) is 3.45. The molecule has 7 nitrogen and oxygen atoms in total. The number of hydrogen-bond acceptors (Lipinski definition) is 4. The first kappa shape index (κ1) is 18.8. The Bertz CT molecular complexity index is 791. The maximum atomic E-state index is 13.1. The van der Waals surface area contributed by atoms with Crippen molar-refractivity contribution in [3.05, 3.63) is 24.3 Å². The van der Waals surface area contributed by atoms with E-state index in [1.807, 2.05) is 31.2 Å². The maximum Gasteiger partial charge on any atom is 0.308 e. The Kier molecular flexibility index (Phi) is 5.00. The lowest BCUT2D eigenvalue weighted by molar-refractivity contribution is -0.143. The van der Waals surface area contributed by atoms with Gasteiger partial charge in [-0.25, -0.2) is 0 Å². The Balaban J connectivity index is 1.47. The average Bonchev–Trinajstić information content (AvgIpc) is 3.30. The van der Waals surface area contributed by atoms with Crippen molar-refractivity contribution < 1.29 is 24.2 Å². The van der Waals surface area contributed by atoms with Gasteiger partial charge in [0.05, 0.1) is 24.1 Å². The summed E-state index contributed by atoms with van der Waals surface area (Å²) in [5.74, 6) is -0.823. The van der Waals surface area contributed by atoms with Crippen molar-refractivity contribution in [1.82, 2.24) is 4.90 Å². The first-order valence-corrected chi connectivity index (χ1v) is 10.0. The molecule has 0 radical (unpaired) electrons. The first-order chi connectivity index (χ1) is 13.5. The van der Waals surface area contributed by atoms with Crippen molar-refractivity contribution in [3.63, 3.8) is 0 Å². The molecule has 28 heavy (non-hydrogen) atoms. The zero-order valence-corrected chi connectivity index (χ0v) is 16.0. The van der Waals surface area contributed by atoms with Crippen LogP contribution in [0.3, 0.4) is 0 Å². The lowest BCUT2D eigenvalue weighted by atomic mass is 9.92. The molecule has 2 aliphatic heterocycles. The van der Waals surface area contributed by atoms with E-state index >= 15 is 0 Å². The molecule has 0 aromatic heterocycles. The van der Waals surface area contributed by atoms with Gasteiger partial charge in [0.15, 0.2) is 0 Å². The van der Waals surface area contributed by atoms with Crippen LogP contribution in [0.5, 0.6) is 5.75 Å². The molecule has 150 valence electrons. The second kappa shape index (κ2) is 7.45. The Hall–Kier alpha value is -2.57. The van der Waals surface area contributed by atoms with Crippen LogP contribution in [0.1, 0.15) is 26.2 Å². The summed E-state index contributed by atoms with van der Waals surface area (Å²) in [5, 5.41) is 9.52. The van der Waals surface area contributed by atoms with E-state index < -0.39 is 17.8 Å². The monoisotopic (exact) mass is 386 g/mol. The number of nitrogens with zero attached hydrogens (tertiary/aromatic N) is 2. The van der Waals surface area contributed by atoms with Crippen LogP contribution in [0.2, 0.25) is 0 Å². The summed E-state index contributed by atoms with van der Waals surface area (Å²) in [6.07, 6.45) is 2.27. The van der Waals surface area contributed by atoms with E-state index in [4.69, 9.17) is 4.74 Å². The minimum Gasteiger partial charge on any atom is -0.492 e. The number of hydrogen-bond donors (Lipinski definition) is 1. The normalized spacial score (nSPS) is 27.3. The number of anilines is 1. The molecule has 2 heterocycles. The largest absolute Gasteiger partial charge is 0.492 e. The second-order valence-electron chi connectivity index (χ2n) is 8.00. The number of carbonyl (C=O) groups is 3.